The quantitative estimate of drug-likeness (QED) is 0.361. The lowest BCUT2D eigenvalue weighted by atomic mass is 10.1. The van der Waals surface area contributed by atoms with E-state index < -0.39 is 5.97 Å². The molecule has 0 N–H and O–H groups in total. The lowest BCUT2D eigenvalue weighted by molar-refractivity contribution is -0.140. The first-order chi connectivity index (χ1) is 10.1. The summed E-state index contributed by atoms with van der Waals surface area (Å²) in [5.74, 6) is -0.719. The number of Topliss-reactive ketones (excluding diaryl/α,β-unsaturated/α-hetero) is 1. The van der Waals surface area contributed by atoms with Gasteiger partial charge in [0, 0.05) is 18.8 Å². The molecule has 0 atom stereocenters. The minimum absolute atomic E-state index is 0.213. The molecule has 4 heteroatoms. The maximum atomic E-state index is 12.0. The second-order valence-electron chi connectivity index (χ2n) is 5.11. The summed E-state index contributed by atoms with van der Waals surface area (Å²) in [6, 6.07) is 10.1. The van der Waals surface area contributed by atoms with Gasteiger partial charge in [-0.1, -0.05) is 30.3 Å². The van der Waals surface area contributed by atoms with E-state index in [9.17, 15) is 9.59 Å². The minimum Gasteiger partial charge on any atom is -0.462 e. The lowest BCUT2D eigenvalue weighted by Gasteiger charge is -2.22. The summed E-state index contributed by atoms with van der Waals surface area (Å²) in [4.78, 5) is 26.0. The first kappa shape index (κ1) is 15.3. The van der Waals surface area contributed by atoms with Gasteiger partial charge in [-0.3, -0.25) is 4.79 Å². The summed E-state index contributed by atoms with van der Waals surface area (Å²) in [6.07, 6.45) is 1.71. The van der Waals surface area contributed by atoms with Gasteiger partial charge in [0.1, 0.15) is 5.57 Å². The lowest BCUT2D eigenvalue weighted by Crippen LogP contribution is -2.24. The van der Waals surface area contributed by atoms with Crippen molar-refractivity contribution in [1.82, 2.24) is 4.90 Å². The molecule has 1 aliphatic heterocycles. The molecule has 0 spiro atoms. The van der Waals surface area contributed by atoms with Gasteiger partial charge in [0.05, 0.1) is 6.61 Å². The molecule has 0 bridgehead atoms. The Morgan fingerprint density at radius 3 is 2.57 bits per heavy atom. The fraction of sp³-hybridized carbons (Fsp3) is 0.412. The second-order valence-corrected chi connectivity index (χ2v) is 5.11. The normalized spacial score (nSPS) is 16.8. The van der Waals surface area contributed by atoms with Crippen LogP contribution in [0.1, 0.15) is 32.3 Å². The van der Waals surface area contributed by atoms with E-state index in [0.29, 0.717) is 6.54 Å². The number of rotatable bonds is 5. The molecule has 112 valence electrons. The molecule has 2 rings (SSSR count). The zero-order valence-corrected chi connectivity index (χ0v) is 12.6. The number of carbonyl (C=O) groups excluding carboxylic acids is 2. The van der Waals surface area contributed by atoms with Crippen molar-refractivity contribution in [3.8, 4) is 0 Å². The molecular formula is C17H21NO3. The van der Waals surface area contributed by atoms with Crippen molar-refractivity contribution >= 4 is 11.8 Å². The van der Waals surface area contributed by atoms with Crippen molar-refractivity contribution in [2.24, 2.45) is 0 Å². The van der Waals surface area contributed by atoms with Crippen LogP contribution in [0.25, 0.3) is 0 Å². The van der Waals surface area contributed by atoms with E-state index in [0.717, 1.165) is 25.1 Å². The van der Waals surface area contributed by atoms with Crippen LogP contribution in [0.4, 0.5) is 0 Å². The maximum absolute atomic E-state index is 12.0. The Morgan fingerprint density at radius 1 is 1.24 bits per heavy atom. The van der Waals surface area contributed by atoms with Gasteiger partial charge in [-0.2, -0.15) is 0 Å². The highest BCUT2D eigenvalue weighted by Crippen LogP contribution is 2.27. The number of allylic oxidation sites excluding steroid dienone is 1. The molecule has 0 aliphatic carbocycles. The zero-order valence-electron chi connectivity index (χ0n) is 12.6. The predicted molar refractivity (Wildman–Crippen MR) is 80.4 cm³/mol. The summed E-state index contributed by atoms with van der Waals surface area (Å²) in [5.41, 5.74) is 2.21. The number of esters is 1. The van der Waals surface area contributed by atoms with Crippen molar-refractivity contribution in [2.75, 3.05) is 13.2 Å². The Morgan fingerprint density at radius 2 is 1.95 bits per heavy atom. The molecule has 4 nitrogen and oxygen atoms in total. The van der Waals surface area contributed by atoms with Crippen molar-refractivity contribution in [1.29, 1.82) is 0 Å². The van der Waals surface area contributed by atoms with Crippen LogP contribution in [-0.4, -0.2) is 29.8 Å². The SMILES string of the molecule is CCOC(=O)/C(C(C)=O)=C1/CCCN1Cc1ccccc1. The van der Waals surface area contributed by atoms with E-state index in [2.05, 4.69) is 4.90 Å². The summed E-state index contributed by atoms with van der Waals surface area (Å²) < 4.78 is 5.03. The standard InChI is InChI=1S/C17H21NO3/c1-3-21-17(20)16(13(2)19)15-10-7-11-18(15)12-14-8-5-4-6-9-14/h4-6,8-9H,3,7,10-12H2,1-2H3/b16-15-. The first-order valence-electron chi connectivity index (χ1n) is 7.33. The van der Waals surface area contributed by atoms with E-state index in [1.807, 2.05) is 30.3 Å². The molecule has 0 saturated carbocycles. The van der Waals surface area contributed by atoms with Crippen LogP contribution in [-0.2, 0) is 20.9 Å². The Balaban J connectivity index is 2.27. The van der Waals surface area contributed by atoms with Gasteiger partial charge in [-0.05, 0) is 32.3 Å². The Labute approximate surface area is 125 Å². The molecule has 1 saturated heterocycles. The highest BCUT2D eigenvalue weighted by atomic mass is 16.5. The fourth-order valence-electron chi connectivity index (χ4n) is 2.66. The van der Waals surface area contributed by atoms with Crippen LogP contribution in [0.5, 0.6) is 0 Å². The summed E-state index contributed by atoms with van der Waals surface area (Å²) in [5, 5.41) is 0. The number of hydrogen-bond acceptors (Lipinski definition) is 4. The van der Waals surface area contributed by atoms with Crippen LogP contribution in [0.2, 0.25) is 0 Å². The fourth-order valence-corrected chi connectivity index (χ4v) is 2.66. The number of likely N-dealkylation sites (tertiary alicyclic amines) is 1. The average Bonchev–Trinajstić information content (AvgIpc) is 2.88. The summed E-state index contributed by atoms with van der Waals surface area (Å²) in [7, 11) is 0. The number of ether oxygens (including phenoxy) is 1. The monoisotopic (exact) mass is 287 g/mol. The second kappa shape index (κ2) is 7.07. The molecule has 21 heavy (non-hydrogen) atoms. The third kappa shape index (κ3) is 3.72. The highest BCUT2D eigenvalue weighted by molar-refractivity contribution is 6.17. The van der Waals surface area contributed by atoms with Gasteiger partial charge in [-0.25, -0.2) is 4.79 Å². The number of nitrogens with zero attached hydrogens (tertiary/aromatic N) is 1. The summed E-state index contributed by atoms with van der Waals surface area (Å²) >= 11 is 0. The van der Waals surface area contributed by atoms with Crippen molar-refractivity contribution in [2.45, 2.75) is 33.2 Å². The topological polar surface area (TPSA) is 46.6 Å². The first-order valence-corrected chi connectivity index (χ1v) is 7.33. The van der Waals surface area contributed by atoms with Crippen LogP contribution >= 0.6 is 0 Å². The third-order valence-electron chi connectivity index (χ3n) is 3.56. The molecule has 1 heterocycles. The number of carbonyl (C=O) groups is 2. The van der Waals surface area contributed by atoms with Gasteiger partial charge >= 0.3 is 5.97 Å². The highest BCUT2D eigenvalue weighted by Gasteiger charge is 2.28. The Kier molecular flexibility index (Phi) is 5.14. The summed E-state index contributed by atoms with van der Waals surface area (Å²) in [6.45, 7) is 5.03. The Bertz CT molecular complexity index is 548. The van der Waals surface area contributed by atoms with Crippen LogP contribution < -0.4 is 0 Å². The molecule has 0 aromatic heterocycles. The van der Waals surface area contributed by atoms with Crippen molar-refractivity contribution in [3.05, 3.63) is 47.2 Å². The largest absolute Gasteiger partial charge is 0.462 e. The molecule has 1 aromatic carbocycles. The van der Waals surface area contributed by atoms with Gasteiger partial charge in [0.15, 0.2) is 5.78 Å². The smallest absolute Gasteiger partial charge is 0.343 e. The molecule has 1 aromatic rings. The zero-order chi connectivity index (χ0) is 15.2. The third-order valence-corrected chi connectivity index (χ3v) is 3.56. The van der Waals surface area contributed by atoms with E-state index in [1.54, 1.807) is 6.92 Å². The molecule has 1 fully saturated rings. The molecule has 0 radical (unpaired) electrons. The molecule has 0 amide bonds. The van der Waals surface area contributed by atoms with Crippen molar-refractivity contribution in [3.63, 3.8) is 0 Å². The molecule has 1 aliphatic rings. The van der Waals surface area contributed by atoms with Crippen LogP contribution in [0.3, 0.4) is 0 Å². The number of benzene rings is 1. The average molecular weight is 287 g/mol. The molecular weight excluding hydrogens is 266 g/mol. The van der Waals surface area contributed by atoms with Gasteiger partial charge < -0.3 is 9.64 Å². The van der Waals surface area contributed by atoms with E-state index in [1.165, 1.54) is 12.5 Å². The van der Waals surface area contributed by atoms with E-state index >= 15 is 0 Å². The minimum atomic E-state index is -0.500. The van der Waals surface area contributed by atoms with Gasteiger partial charge in [-0.15, -0.1) is 0 Å². The Hall–Kier alpha value is -2.10. The van der Waals surface area contributed by atoms with Gasteiger partial charge in [0.2, 0.25) is 0 Å². The van der Waals surface area contributed by atoms with Crippen LogP contribution in [0, 0.1) is 0 Å². The predicted octanol–water partition coefficient (Wildman–Crippen LogP) is 2.69. The van der Waals surface area contributed by atoms with E-state index in [-0.39, 0.29) is 18.0 Å². The van der Waals surface area contributed by atoms with E-state index in [4.69, 9.17) is 4.74 Å². The van der Waals surface area contributed by atoms with Crippen molar-refractivity contribution < 1.29 is 14.3 Å². The van der Waals surface area contributed by atoms with Crippen LogP contribution in [0.15, 0.2) is 41.6 Å². The maximum Gasteiger partial charge on any atom is 0.343 e. The van der Waals surface area contributed by atoms with Gasteiger partial charge in [0.25, 0.3) is 0 Å². The number of ketones is 1. The molecule has 0 unspecified atom stereocenters. The number of hydrogen-bond donors (Lipinski definition) is 0.